The maximum Gasteiger partial charge on any atom is 0.191 e. The number of piperidine rings is 2. The molecule has 3 heterocycles. The zero-order chi connectivity index (χ0) is 20.5. The van der Waals surface area contributed by atoms with Crippen molar-refractivity contribution in [2.45, 2.75) is 71.4 Å². The van der Waals surface area contributed by atoms with Crippen LogP contribution in [0.1, 0.15) is 64.9 Å². The van der Waals surface area contributed by atoms with Crippen molar-refractivity contribution in [1.29, 1.82) is 0 Å². The van der Waals surface area contributed by atoms with E-state index in [9.17, 15) is 0 Å². The number of rotatable bonds is 7. The van der Waals surface area contributed by atoms with Gasteiger partial charge < -0.3 is 15.5 Å². The molecule has 1 aromatic rings. The molecule has 0 atom stereocenters. The van der Waals surface area contributed by atoms with Gasteiger partial charge in [-0.2, -0.15) is 0 Å². The number of hydrogen-bond acceptors (Lipinski definition) is 4. The van der Waals surface area contributed by atoms with Gasteiger partial charge in [0, 0.05) is 37.9 Å². The van der Waals surface area contributed by atoms with Gasteiger partial charge in [0.05, 0.1) is 6.54 Å². The van der Waals surface area contributed by atoms with Gasteiger partial charge in [-0.15, -0.1) is 24.0 Å². The van der Waals surface area contributed by atoms with E-state index in [-0.39, 0.29) is 29.5 Å². The predicted octanol–water partition coefficient (Wildman–Crippen LogP) is 4.01. The highest BCUT2D eigenvalue weighted by Crippen LogP contribution is 2.20. The van der Waals surface area contributed by atoms with Crippen LogP contribution in [0.25, 0.3) is 0 Å². The Kier molecular flexibility index (Phi) is 10.6. The third kappa shape index (κ3) is 7.55. The monoisotopic (exact) mass is 528 g/mol. The number of aromatic nitrogens is 1. The summed E-state index contributed by atoms with van der Waals surface area (Å²) in [4.78, 5) is 14.5. The number of hydrogen-bond donors (Lipinski definition) is 2. The van der Waals surface area contributed by atoms with E-state index >= 15 is 0 Å². The lowest BCUT2D eigenvalue weighted by molar-refractivity contribution is 0.0982. The predicted molar refractivity (Wildman–Crippen MR) is 138 cm³/mol. The molecule has 2 fully saturated rings. The first kappa shape index (κ1) is 25.2. The minimum Gasteiger partial charge on any atom is -0.357 e. The Hall–Kier alpha value is -1.09. The zero-order valence-electron chi connectivity index (χ0n) is 19.1. The topological polar surface area (TPSA) is 55.8 Å². The molecule has 30 heavy (non-hydrogen) atoms. The summed E-state index contributed by atoms with van der Waals surface area (Å²) < 4.78 is 0. The van der Waals surface area contributed by atoms with E-state index in [4.69, 9.17) is 4.99 Å². The highest BCUT2D eigenvalue weighted by atomic mass is 127. The second-order valence-corrected chi connectivity index (χ2v) is 8.98. The van der Waals surface area contributed by atoms with Gasteiger partial charge in [0.15, 0.2) is 5.96 Å². The van der Waals surface area contributed by atoms with Gasteiger partial charge in [0.2, 0.25) is 0 Å². The second kappa shape index (κ2) is 12.7. The van der Waals surface area contributed by atoms with Crippen LogP contribution in [0.4, 0.5) is 5.82 Å². The highest BCUT2D eigenvalue weighted by molar-refractivity contribution is 14.0. The molecule has 1 aromatic heterocycles. The Bertz CT molecular complexity index is 651. The summed E-state index contributed by atoms with van der Waals surface area (Å²) >= 11 is 0. The lowest BCUT2D eigenvalue weighted by Gasteiger charge is -2.41. The van der Waals surface area contributed by atoms with Gasteiger partial charge >= 0.3 is 0 Å². The van der Waals surface area contributed by atoms with Crippen LogP contribution in [0.15, 0.2) is 23.3 Å². The molecule has 0 radical (unpaired) electrons. The van der Waals surface area contributed by atoms with Gasteiger partial charge in [-0.3, -0.25) is 4.90 Å². The molecule has 3 rings (SSSR count). The number of likely N-dealkylation sites (tertiary alicyclic amines) is 1. The maximum absolute atomic E-state index is 4.85. The number of anilines is 1. The summed E-state index contributed by atoms with van der Waals surface area (Å²) in [7, 11) is 0. The fourth-order valence-corrected chi connectivity index (χ4v) is 4.28. The molecular weight excluding hydrogens is 487 g/mol. The van der Waals surface area contributed by atoms with Crippen molar-refractivity contribution in [3.05, 3.63) is 23.9 Å². The summed E-state index contributed by atoms with van der Waals surface area (Å²) in [6, 6.07) is 4.29. The van der Waals surface area contributed by atoms with Crippen molar-refractivity contribution < 1.29 is 0 Å². The van der Waals surface area contributed by atoms with Crippen LogP contribution in [-0.4, -0.2) is 60.7 Å². The minimum absolute atomic E-state index is 0. The summed E-state index contributed by atoms with van der Waals surface area (Å²) in [5.41, 5.74) is 1.35. The molecule has 2 aliphatic rings. The molecule has 2 N–H and O–H groups in total. The molecule has 0 spiro atoms. The number of halogens is 1. The molecule has 6 nitrogen and oxygen atoms in total. The molecule has 0 amide bonds. The van der Waals surface area contributed by atoms with E-state index in [0.717, 1.165) is 38.0 Å². The van der Waals surface area contributed by atoms with E-state index in [2.05, 4.69) is 58.3 Å². The molecule has 0 saturated carbocycles. The van der Waals surface area contributed by atoms with Crippen LogP contribution in [0.5, 0.6) is 0 Å². The lowest BCUT2D eigenvalue weighted by Crippen LogP contribution is -2.54. The summed E-state index contributed by atoms with van der Waals surface area (Å²) in [6.07, 6.45) is 9.81. The second-order valence-electron chi connectivity index (χ2n) is 8.98. The Morgan fingerprint density at radius 2 is 1.70 bits per heavy atom. The largest absolute Gasteiger partial charge is 0.357 e. The summed E-state index contributed by atoms with van der Waals surface area (Å²) in [5.74, 6) is 2.00. The first-order valence-electron chi connectivity index (χ1n) is 11.6. The number of nitrogens with one attached hydrogen (secondary N) is 2. The number of aliphatic imine (C=N–C) groups is 1. The Labute approximate surface area is 200 Å². The summed E-state index contributed by atoms with van der Waals surface area (Å²) in [5, 5.41) is 6.98. The van der Waals surface area contributed by atoms with Crippen LogP contribution in [0, 0.1) is 0 Å². The van der Waals surface area contributed by atoms with Gasteiger partial charge in [0.25, 0.3) is 0 Å². The van der Waals surface area contributed by atoms with Crippen molar-refractivity contribution in [2.24, 2.45) is 4.99 Å². The fourth-order valence-electron chi connectivity index (χ4n) is 4.28. The zero-order valence-corrected chi connectivity index (χ0v) is 21.5. The number of guanidine groups is 1. The molecule has 0 aromatic carbocycles. The SMILES string of the molecule is CCNC(=NCc1ccnc(N2CCCCC2)c1)NCC(C)(C)N1CCCCC1.I. The van der Waals surface area contributed by atoms with Gasteiger partial charge in [-0.25, -0.2) is 9.98 Å². The van der Waals surface area contributed by atoms with Crippen LogP contribution < -0.4 is 15.5 Å². The smallest absolute Gasteiger partial charge is 0.191 e. The molecule has 7 heteroatoms. The number of nitrogens with zero attached hydrogens (tertiary/aromatic N) is 4. The van der Waals surface area contributed by atoms with Crippen molar-refractivity contribution in [3.63, 3.8) is 0 Å². The van der Waals surface area contributed by atoms with E-state index in [1.165, 1.54) is 57.2 Å². The van der Waals surface area contributed by atoms with E-state index in [1.54, 1.807) is 0 Å². The molecular formula is C23H41IN6. The third-order valence-electron chi connectivity index (χ3n) is 6.15. The van der Waals surface area contributed by atoms with Crippen molar-refractivity contribution in [1.82, 2.24) is 20.5 Å². The summed E-state index contributed by atoms with van der Waals surface area (Å²) in [6.45, 7) is 13.9. The number of pyridine rings is 1. The Morgan fingerprint density at radius 1 is 1.03 bits per heavy atom. The molecule has 2 aliphatic heterocycles. The van der Waals surface area contributed by atoms with Crippen LogP contribution in [-0.2, 0) is 6.54 Å². The average molecular weight is 529 g/mol. The van der Waals surface area contributed by atoms with Crippen LogP contribution in [0.2, 0.25) is 0 Å². The molecule has 170 valence electrons. The Morgan fingerprint density at radius 3 is 2.37 bits per heavy atom. The van der Waals surface area contributed by atoms with Crippen LogP contribution >= 0.6 is 24.0 Å². The Balaban J connectivity index is 0.00000320. The van der Waals surface area contributed by atoms with Crippen molar-refractivity contribution >= 4 is 35.8 Å². The van der Waals surface area contributed by atoms with Crippen molar-refractivity contribution in [3.8, 4) is 0 Å². The minimum atomic E-state index is 0. The fraction of sp³-hybridized carbons (Fsp3) is 0.739. The van der Waals surface area contributed by atoms with Gasteiger partial charge in [0.1, 0.15) is 5.82 Å². The molecule has 0 bridgehead atoms. The van der Waals surface area contributed by atoms with E-state index < -0.39 is 0 Å². The highest BCUT2D eigenvalue weighted by Gasteiger charge is 2.27. The normalized spacial score (nSPS) is 18.6. The maximum atomic E-state index is 4.85. The average Bonchev–Trinajstić information content (AvgIpc) is 2.77. The van der Waals surface area contributed by atoms with Gasteiger partial charge in [-0.05, 0) is 83.7 Å². The van der Waals surface area contributed by atoms with E-state index in [0.29, 0.717) is 6.54 Å². The molecule has 2 saturated heterocycles. The van der Waals surface area contributed by atoms with Crippen molar-refractivity contribution in [2.75, 3.05) is 44.2 Å². The van der Waals surface area contributed by atoms with Gasteiger partial charge in [-0.1, -0.05) is 6.42 Å². The van der Waals surface area contributed by atoms with E-state index in [1.807, 2.05) is 6.20 Å². The first-order valence-corrected chi connectivity index (χ1v) is 11.6. The molecule has 0 aliphatic carbocycles. The quantitative estimate of drug-likeness (QED) is 0.318. The first-order chi connectivity index (χ1) is 14.1. The lowest BCUT2D eigenvalue weighted by atomic mass is 9.98. The van der Waals surface area contributed by atoms with Crippen LogP contribution in [0.3, 0.4) is 0 Å². The third-order valence-corrected chi connectivity index (χ3v) is 6.15. The standard InChI is InChI=1S/C23H40N6.HI/c1-4-24-22(27-19-23(2,3)29-15-9-6-10-16-29)26-18-20-11-12-25-21(17-20)28-13-7-5-8-14-28;/h11-12,17H,4-10,13-16,18-19H2,1-3H3,(H2,24,26,27);1H. The molecule has 0 unspecified atom stereocenters.